The first kappa shape index (κ1) is 18.5. The summed E-state index contributed by atoms with van der Waals surface area (Å²) in [6.45, 7) is 0.346. The molecule has 7 nitrogen and oxygen atoms in total. The predicted octanol–water partition coefficient (Wildman–Crippen LogP) is 3.70. The molecule has 2 N–H and O–H groups in total. The van der Waals surface area contributed by atoms with Crippen molar-refractivity contribution in [1.82, 2.24) is 14.8 Å². The summed E-state index contributed by atoms with van der Waals surface area (Å²) in [4.78, 5) is 29.2. The monoisotopic (exact) mass is 415 g/mol. The number of nitrogens with zero attached hydrogens (tertiary/aromatic N) is 3. The van der Waals surface area contributed by atoms with E-state index in [1.54, 1.807) is 53.5 Å². The van der Waals surface area contributed by atoms with Gasteiger partial charge in [-0.3, -0.25) is 14.6 Å². The zero-order valence-electron chi connectivity index (χ0n) is 14.5. The fraction of sp³-hybridized carbons (Fsp3) is 0.158. The lowest BCUT2D eigenvalue weighted by Gasteiger charge is -2.22. The van der Waals surface area contributed by atoms with Crippen LogP contribution in [-0.4, -0.2) is 26.6 Å². The third kappa shape index (κ3) is 3.85. The van der Waals surface area contributed by atoms with Gasteiger partial charge in [0.15, 0.2) is 0 Å². The topological polar surface area (TPSA) is 88.9 Å². The quantitative estimate of drug-likeness (QED) is 0.679. The average Bonchev–Trinajstić information content (AvgIpc) is 3.07. The molecule has 2 aromatic heterocycles. The van der Waals surface area contributed by atoms with E-state index in [4.69, 9.17) is 23.2 Å². The normalized spacial score (nSPS) is 15.6. The summed E-state index contributed by atoms with van der Waals surface area (Å²) in [5.74, 6) is -0.646. The largest absolute Gasteiger partial charge is 0.326 e. The Labute approximate surface area is 170 Å². The Kier molecular flexibility index (Phi) is 5.02. The molecule has 9 heteroatoms. The lowest BCUT2D eigenvalue weighted by atomic mass is 9.93. The molecule has 142 valence electrons. The highest BCUT2D eigenvalue weighted by Gasteiger charge is 2.33. The summed E-state index contributed by atoms with van der Waals surface area (Å²) in [6.07, 6.45) is 3.21. The SMILES string of the molecule is O=C1CC(C(=O)Nc2ccc(Cl)cc2)c2cnn(Cc3ccc(Cl)cn3)c2N1. The molecule has 1 unspecified atom stereocenters. The Balaban J connectivity index is 1.57. The molecule has 0 saturated heterocycles. The third-order valence-corrected chi connectivity index (χ3v) is 4.89. The van der Waals surface area contributed by atoms with E-state index in [1.807, 2.05) is 0 Å². The minimum atomic E-state index is -0.633. The molecule has 0 bridgehead atoms. The van der Waals surface area contributed by atoms with Crippen molar-refractivity contribution >= 4 is 46.5 Å². The molecule has 0 aliphatic carbocycles. The second-order valence-electron chi connectivity index (χ2n) is 6.37. The Hall–Kier alpha value is -2.90. The highest BCUT2D eigenvalue weighted by Crippen LogP contribution is 2.33. The van der Waals surface area contributed by atoms with Crippen molar-refractivity contribution in [3.63, 3.8) is 0 Å². The number of hydrogen-bond donors (Lipinski definition) is 2. The van der Waals surface area contributed by atoms with Crippen LogP contribution in [0.15, 0.2) is 48.8 Å². The molecule has 28 heavy (non-hydrogen) atoms. The molecule has 0 saturated carbocycles. The number of amides is 2. The average molecular weight is 416 g/mol. The van der Waals surface area contributed by atoms with Crippen molar-refractivity contribution in [3.05, 3.63) is 70.1 Å². The summed E-state index contributed by atoms with van der Waals surface area (Å²) in [7, 11) is 0. The Bertz CT molecular complexity index is 1030. The van der Waals surface area contributed by atoms with Crippen LogP contribution in [0.25, 0.3) is 0 Å². The fourth-order valence-electron chi connectivity index (χ4n) is 3.04. The standard InChI is InChI=1S/C19H15Cl2N5O2/c20-11-1-4-13(5-2-11)24-19(28)15-7-17(27)25-18-16(15)9-23-26(18)10-14-6-3-12(21)8-22-14/h1-6,8-9,15H,7,10H2,(H,24,28)(H,25,27). The van der Waals surface area contributed by atoms with Crippen LogP contribution in [0.1, 0.15) is 23.6 Å². The maximum Gasteiger partial charge on any atom is 0.232 e. The molecule has 1 aliphatic rings. The van der Waals surface area contributed by atoms with Gasteiger partial charge in [0.05, 0.1) is 29.4 Å². The summed E-state index contributed by atoms with van der Waals surface area (Å²) in [5.41, 5.74) is 2.01. The summed E-state index contributed by atoms with van der Waals surface area (Å²) < 4.78 is 1.62. The van der Waals surface area contributed by atoms with E-state index >= 15 is 0 Å². The molecule has 0 spiro atoms. The Morgan fingerprint density at radius 1 is 1.14 bits per heavy atom. The van der Waals surface area contributed by atoms with Crippen molar-refractivity contribution in [2.75, 3.05) is 10.6 Å². The molecule has 0 radical (unpaired) electrons. The number of fused-ring (bicyclic) bond motifs is 1. The molecule has 4 rings (SSSR count). The van der Waals surface area contributed by atoms with Crippen LogP contribution in [0, 0.1) is 0 Å². The van der Waals surface area contributed by atoms with Gasteiger partial charge in [-0.15, -0.1) is 0 Å². The predicted molar refractivity (Wildman–Crippen MR) is 107 cm³/mol. The van der Waals surface area contributed by atoms with Gasteiger partial charge in [-0.05, 0) is 36.4 Å². The van der Waals surface area contributed by atoms with Gasteiger partial charge in [0.25, 0.3) is 0 Å². The van der Waals surface area contributed by atoms with E-state index in [-0.39, 0.29) is 18.2 Å². The molecule has 3 heterocycles. The van der Waals surface area contributed by atoms with Crippen LogP contribution in [0.2, 0.25) is 10.0 Å². The molecule has 1 atom stereocenters. The Morgan fingerprint density at radius 2 is 1.89 bits per heavy atom. The maximum atomic E-state index is 12.8. The van der Waals surface area contributed by atoms with Crippen molar-refractivity contribution in [3.8, 4) is 0 Å². The van der Waals surface area contributed by atoms with Crippen molar-refractivity contribution in [2.24, 2.45) is 0 Å². The molecular weight excluding hydrogens is 401 g/mol. The maximum absolute atomic E-state index is 12.8. The van der Waals surface area contributed by atoms with Crippen molar-refractivity contribution < 1.29 is 9.59 Å². The molecule has 1 aliphatic heterocycles. The minimum absolute atomic E-state index is 0.0529. The van der Waals surface area contributed by atoms with E-state index in [0.29, 0.717) is 33.7 Å². The van der Waals surface area contributed by atoms with Crippen molar-refractivity contribution in [2.45, 2.75) is 18.9 Å². The van der Waals surface area contributed by atoms with Crippen LogP contribution in [0.3, 0.4) is 0 Å². The van der Waals surface area contributed by atoms with Crippen LogP contribution in [0.5, 0.6) is 0 Å². The number of hydrogen-bond acceptors (Lipinski definition) is 4. The number of aromatic nitrogens is 3. The molecular formula is C19H15Cl2N5O2. The van der Waals surface area contributed by atoms with Gasteiger partial charge in [0.1, 0.15) is 5.82 Å². The van der Waals surface area contributed by atoms with Gasteiger partial charge >= 0.3 is 0 Å². The molecule has 3 aromatic rings. The van der Waals surface area contributed by atoms with Gasteiger partial charge in [0.2, 0.25) is 11.8 Å². The summed E-state index contributed by atoms with van der Waals surface area (Å²) in [6, 6.07) is 10.3. The van der Waals surface area contributed by atoms with Crippen LogP contribution < -0.4 is 10.6 Å². The van der Waals surface area contributed by atoms with E-state index < -0.39 is 5.92 Å². The van der Waals surface area contributed by atoms with Gasteiger partial charge in [-0.2, -0.15) is 5.10 Å². The number of carbonyl (C=O) groups is 2. The van der Waals surface area contributed by atoms with Crippen molar-refractivity contribution in [1.29, 1.82) is 0 Å². The van der Waals surface area contributed by atoms with Gasteiger partial charge < -0.3 is 10.6 Å². The zero-order chi connectivity index (χ0) is 19.7. The number of rotatable bonds is 4. The first-order valence-corrected chi connectivity index (χ1v) is 9.27. The summed E-state index contributed by atoms with van der Waals surface area (Å²) in [5, 5.41) is 11.1. The van der Waals surface area contributed by atoms with Gasteiger partial charge in [-0.25, -0.2) is 4.68 Å². The first-order valence-electron chi connectivity index (χ1n) is 8.52. The Morgan fingerprint density at radius 3 is 2.61 bits per heavy atom. The fourth-order valence-corrected chi connectivity index (χ4v) is 3.28. The zero-order valence-corrected chi connectivity index (χ0v) is 16.0. The van der Waals surface area contributed by atoms with E-state index in [2.05, 4.69) is 20.7 Å². The lowest BCUT2D eigenvalue weighted by molar-refractivity contribution is -0.123. The van der Waals surface area contributed by atoms with Crippen LogP contribution in [-0.2, 0) is 16.1 Å². The van der Waals surface area contributed by atoms with E-state index in [0.717, 1.165) is 5.69 Å². The highest BCUT2D eigenvalue weighted by atomic mass is 35.5. The van der Waals surface area contributed by atoms with Crippen LogP contribution in [0.4, 0.5) is 11.5 Å². The smallest absolute Gasteiger partial charge is 0.232 e. The third-order valence-electron chi connectivity index (χ3n) is 4.42. The number of benzene rings is 1. The second-order valence-corrected chi connectivity index (χ2v) is 7.25. The highest BCUT2D eigenvalue weighted by molar-refractivity contribution is 6.30. The van der Waals surface area contributed by atoms with Crippen LogP contribution >= 0.6 is 23.2 Å². The first-order chi connectivity index (χ1) is 13.5. The molecule has 2 amide bonds. The van der Waals surface area contributed by atoms with Gasteiger partial charge in [0, 0.05) is 28.9 Å². The number of pyridine rings is 1. The number of halogens is 2. The lowest BCUT2D eigenvalue weighted by Crippen LogP contribution is -2.31. The molecule has 1 aromatic carbocycles. The minimum Gasteiger partial charge on any atom is -0.326 e. The van der Waals surface area contributed by atoms with E-state index in [1.165, 1.54) is 0 Å². The summed E-state index contributed by atoms with van der Waals surface area (Å²) >= 11 is 11.7. The number of nitrogens with one attached hydrogen (secondary N) is 2. The van der Waals surface area contributed by atoms with Gasteiger partial charge in [-0.1, -0.05) is 23.2 Å². The second kappa shape index (κ2) is 7.61. The molecule has 0 fully saturated rings. The number of carbonyl (C=O) groups excluding carboxylic acids is 2. The van der Waals surface area contributed by atoms with E-state index in [9.17, 15) is 9.59 Å². The number of anilines is 2.